The van der Waals surface area contributed by atoms with Crippen LogP contribution in [0.15, 0.2) is 12.1 Å². The molecule has 0 saturated heterocycles. The van der Waals surface area contributed by atoms with E-state index in [0.29, 0.717) is 4.34 Å². The highest BCUT2D eigenvalue weighted by Crippen LogP contribution is 2.26. The molecule has 0 fully saturated rings. The van der Waals surface area contributed by atoms with E-state index in [1.807, 2.05) is 0 Å². The average molecular weight is 322 g/mol. The Labute approximate surface area is 122 Å². The third-order valence-corrected chi connectivity index (χ3v) is 3.60. The standard InChI is InChI=1S/C11H10ClF2N3O2S/c1-2-19-11(18)8-9(10(13)14)17(16-15-8)5-6-3-4-7(12)20-6/h3-4,10H,2,5H2,1H3. The molecule has 0 aliphatic heterocycles. The van der Waals surface area contributed by atoms with Gasteiger partial charge in [-0.25, -0.2) is 18.3 Å². The van der Waals surface area contributed by atoms with Gasteiger partial charge < -0.3 is 4.74 Å². The fraction of sp³-hybridized carbons (Fsp3) is 0.364. The van der Waals surface area contributed by atoms with Crippen LogP contribution in [-0.4, -0.2) is 27.6 Å². The normalized spacial score (nSPS) is 11.1. The molecule has 20 heavy (non-hydrogen) atoms. The number of carbonyl (C=O) groups excluding carboxylic acids is 1. The van der Waals surface area contributed by atoms with E-state index >= 15 is 0 Å². The topological polar surface area (TPSA) is 57.0 Å². The Morgan fingerprint density at radius 1 is 1.55 bits per heavy atom. The molecule has 0 spiro atoms. The summed E-state index contributed by atoms with van der Waals surface area (Å²) < 4.78 is 32.4. The summed E-state index contributed by atoms with van der Waals surface area (Å²) in [6, 6.07) is 3.36. The van der Waals surface area contributed by atoms with E-state index < -0.39 is 23.8 Å². The molecule has 0 saturated carbocycles. The number of alkyl halides is 2. The van der Waals surface area contributed by atoms with Gasteiger partial charge in [0.05, 0.1) is 17.5 Å². The van der Waals surface area contributed by atoms with Crippen LogP contribution in [0, 0.1) is 0 Å². The second kappa shape index (κ2) is 6.27. The summed E-state index contributed by atoms with van der Waals surface area (Å²) in [5, 5.41) is 7.08. The zero-order valence-electron chi connectivity index (χ0n) is 10.3. The minimum Gasteiger partial charge on any atom is -0.461 e. The van der Waals surface area contributed by atoms with Crippen LogP contribution < -0.4 is 0 Å². The second-order valence-electron chi connectivity index (χ2n) is 3.71. The molecule has 0 radical (unpaired) electrons. The molecule has 0 aromatic carbocycles. The van der Waals surface area contributed by atoms with E-state index in [4.69, 9.17) is 11.6 Å². The van der Waals surface area contributed by atoms with Crippen LogP contribution in [0.4, 0.5) is 8.78 Å². The Morgan fingerprint density at radius 2 is 2.30 bits per heavy atom. The molecule has 0 N–H and O–H groups in total. The molecule has 2 aromatic rings. The molecule has 2 aromatic heterocycles. The van der Waals surface area contributed by atoms with Crippen LogP contribution in [0.3, 0.4) is 0 Å². The minimum absolute atomic E-state index is 0.0729. The highest BCUT2D eigenvalue weighted by molar-refractivity contribution is 7.16. The molecule has 5 nitrogen and oxygen atoms in total. The summed E-state index contributed by atoms with van der Waals surface area (Å²) in [4.78, 5) is 12.3. The van der Waals surface area contributed by atoms with E-state index in [0.717, 1.165) is 9.56 Å². The van der Waals surface area contributed by atoms with Crippen molar-refractivity contribution >= 4 is 28.9 Å². The lowest BCUT2D eigenvalue weighted by atomic mass is 10.3. The van der Waals surface area contributed by atoms with Gasteiger partial charge in [-0.15, -0.1) is 16.4 Å². The fourth-order valence-corrected chi connectivity index (χ4v) is 2.65. The summed E-state index contributed by atoms with van der Waals surface area (Å²) in [6.07, 6.45) is -2.88. The Hall–Kier alpha value is -1.54. The van der Waals surface area contributed by atoms with Crippen LogP contribution >= 0.6 is 22.9 Å². The van der Waals surface area contributed by atoms with Gasteiger partial charge in [-0.3, -0.25) is 0 Å². The highest BCUT2D eigenvalue weighted by atomic mass is 35.5. The quantitative estimate of drug-likeness (QED) is 0.794. The number of nitrogens with zero attached hydrogens (tertiary/aromatic N) is 3. The lowest BCUT2D eigenvalue weighted by Gasteiger charge is -2.05. The van der Waals surface area contributed by atoms with Crippen molar-refractivity contribution < 1.29 is 18.3 Å². The number of carbonyl (C=O) groups is 1. The van der Waals surface area contributed by atoms with Gasteiger partial charge in [-0.1, -0.05) is 16.8 Å². The number of hydrogen-bond acceptors (Lipinski definition) is 5. The SMILES string of the molecule is CCOC(=O)c1nnn(Cc2ccc(Cl)s2)c1C(F)F. The van der Waals surface area contributed by atoms with Crippen LogP contribution in [0.5, 0.6) is 0 Å². The monoisotopic (exact) mass is 321 g/mol. The van der Waals surface area contributed by atoms with E-state index in [1.165, 1.54) is 11.3 Å². The smallest absolute Gasteiger partial charge is 0.361 e. The van der Waals surface area contributed by atoms with Gasteiger partial charge in [0.15, 0.2) is 5.69 Å². The molecule has 2 heterocycles. The molecule has 0 unspecified atom stereocenters. The molecular weight excluding hydrogens is 312 g/mol. The van der Waals surface area contributed by atoms with Crippen molar-refractivity contribution in [1.82, 2.24) is 15.0 Å². The summed E-state index contributed by atoms with van der Waals surface area (Å²) in [5.41, 5.74) is -1.00. The van der Waals surface area contributed by atoms with Crippen molar-refractivity contribution in [2.45, 2.75) is 19.9 Å². The van der Waals surface area contributed by atoms with Crippen LogP contribution in [-0.2, 0) is 11.3 Å². The van der Waals surface area contributed by atoms with E-state index in [1.54, 1.807) is 19.1 Å². The maximum atomic E-state index is 13.1. The molecule has 0 aliphatic carbocycles. The third-order valence-electron chi connectivity index (χ3n) is 2.38. The number of hydrogen-bond donors (Lipinski definition) is 0. The Morgan fingerprint density at radius 3 is 2.85 bits per heavy atom. The number of thiophene rings is 1. The molecule has 108 valence electrons. The maximum absolute atomic E-state index is 13.1. The lowest BCUT2D eigenvalue weighted by molar-refractivity contribution is 0.0506. The number of esters is 1. The van der Waals surface area contributed by atoms with Gasteiger partial charge in [0.25, 0.3) is 6.43 Å². The first-order chi connectivity index (χ1) is 9.52. The van der Waals surface area contributed by atoms with Crippen LogP contribution in [0.25, 0.3) is 0 Å². The average Bonchev–Trinajstić information content (AvgIpc) is 2.96. The maximum Gasteiger partial charge on any atom is 0.361 e. The Kier molecular flexibility index (Phi) is 4.66. The van der Waals surface area contributed by atoms with Crippen molar-refractivity contribution in [2.75, 3.05) is 6.61 Å². The molecule has 0 aliphatic rings. The van der Waals surface area contributed by atoms with Crippen LogP contribution in [0.1, 0.15) is 34.4 Å². The Balaban J connectivity index is 2.31. The number of halogens is 3. The summed E-state index contributed by atoms with van der Waals surface area (Å²) >= 11 is 7.02. The summed E-state index contributed by atoms with van der Waals surface area (Å²) in [6.45, 7) is 1.73. The van der Waals surface area contributed by atoms with E-state index in [2.05, 4.69) is 15.0 Å². The number of rotatable bonds is 5. The van der Waals surface area contributed by atoms with Gasteiger partial charge >= 0.3 is 5.97 Å². The third kappa shape index (κ3) is 3.13. The number of ether oxygens (including phenoxy) is 1. The van der Waals surface area contributed by atoms with Gasteiger partial charge in [0, 0.05) is 4.88 Å². The van der Waals surface area contributed by atoms with Crippen molar-refractivity contribution in [3.63, 3.8) is 0 Å². The van der Waals surface area contributed by atoms with Crippen molar-refractivity contribution in [3.8, 4) is 0 Å². The first-order valence-electron chi connectivity index (χ1n) is 5.65. The molecule has 2 rings (SSSR count). The van der Waals surface area contributed by atoms with Gasteiger partial charge in [0.2, 0.25) is 0 Å². The number of aromatic nitrogens is 3. The first kappa shape index (κ1) is 14.9. The molecule has 9 heteroatoms. The minimum atomic E-state index is -2.88. The lowest BCUT2D eigenvalue weighted by Crippen LogP contribution is -2.11. The van der Waals surface area contributed by atoms with Crippen molar-refractivity contribution in [3.05, 3.63) is 32.7 Å². The Bertz CT molecular complexity index is 615. The predicted molar refractivity (Wildman–Crippen MR) is 69.4 cm³/mol. The fourth-order valence-electron chi connectivity index (χ4n) is 1.58. The zero-order valence-corrected chi connectivity index (χ0v) is 11.9. The van der Waals surface area contributed by atoms with Gasteiger partial charge in [0.1, 0.15) is 5.69 Å². The van der Waals surface area contributed by atoms with Crippen molar-refractivity contribution in [2.24, 2.45) is 0 Å². The summed E-state index contributed by atoms with van der Waals surface area (Å²) in [7, 11) is 0. The second-order valence-corrected chi connectivity index (χ2v) is 5.51. The largest absolute Gasteiger partial charge is 0.461 e. The highest BCUT2D eigenvalue weighted by Gasteiger charge is 2.27. The molecule has 0 atom stereocenters. The van der Waals surface area contributed by atoms with Gasteiger partial charge in [-0.2, -0.15) is 0 Å². The van der Waals surface area contributed by atoms with Crippen LogP contribution in [0.2, 0.25) is 4.34 Å². The molecule has 0 amide bonds. The predicted octanol–water partition coefficient (Wildman–Crippen LogP) is 3.16. The molecule has 0 bridgehead atoms. The van der Waals surface area contributed by atoms with E-state index in [-0.39, 0.29) is 13.2 Å². The van der Waals surface area contributed by atoms with Crippen molar-refractivity contribution in [1.29, 1.82) is 0 Å². The first-order valence-corrected chi connectivity index (χ1v) is 6.85. The summed E-state index contributed by atoms with van der Waals surface area (Å²) in [5.74, 6) is -0.904. The zero-order chi connectivity index (χ0) is 14.7. The van der Waals surface area contributed by atoms with Gasteiger partial charge in [-0.05, 0) is 19.1 Å². The van der Waals surface area contributed by atoms with E-state index in [9.17, 15) is 13.6 Å². The molecular formula is C11H10ClF2N3O2S.